The molecule has 0 aromatic heterocycles. The minimum absolute atomic E-state index is 0.0407. The molecule has 5 nitrogen and oxygen atoms in total. The van der Waals surface area contributed by atoms with E-state index < -0.39 is 5.54 Å². The second-order valence-electron chi connectivity index (χ2n) is 6.99. The number of benzene rings is 1. The highest BCUT2D eigenvalue weighted by atomic mass is 16.5. The van der Waals surface area contributed by atoms with Crippen molar-refractivity contribution in [1.29, 1.82) is 0 Å². The summed E-state index contributed by atoms with van der Waals surface area (Å²) < 4.78 is 5.17. The van der Waals surface area contributed by atoms with Crippen LogP contribution >= 0.6 is 0 Å². The van der Waals surface area contributed by atoms with E-state index in [0.717, 1.165) is 25.3 Å². The Hall–Kier alpha value is -1.88. The third kappa shape index (κ3) is 4.44. The Bertz CT molecular complexity index is 580. The number of esters is 1. The second kappa shape index (κ2) is 9.72. The number of rotatable bonds is 8. The number of amides is 1. The number of methoxy groups -OCH3 is 1. The molecule has 5 heteroatoms. The van der Waals surface area contributed by atoms with Gasteiger partial charge in [0.1, 0.15) is 5.54 Å². The van der Waals surface area contributed by atoms with Gasteiger partial charge in [0.25, 0.3) is 0 Å². The van der Waals surface area contributed by atoms with Crippen molar-refractivity contribution in [1.82, 2.24) is 4.90 Å². The van der Waals surface area contributed by atoms with Crippen LogP contribution in [-0.2, 0) is 14.3 Å². The zero-order valence-electron chi connectivity index (χ0n) is 16.4. The quantitative estimate of drug-likeness (QED) is 0.525. The normalized spacial score (nSPS) is 16.9. The molecule has 1 aromatic carbocycles. The monoisotopic (exact) mass is 360 g/mol. The highest BCUT2D eigenvalue weighted by Gasteiger charge is 2.49. The van der Waals surface area contributed by atoms with Gasteiger partial charge in [0.15, 0.2) is 0 Å². The van der Waals surface area contributed by atoms with Crippen LogP contribution in [0, 0.1) is 0 Å². The molecule has 0 radical (unpaired) electrons. The predicted octanol–water partition coefficient (Wildman–Crippen LogP) is 3.63. The van der Waals surface area contributed by atoms with E-state index in [0.29, 0.717) is 19.3 Å². The maximum Gasteiger partial charge on any atom is 0.332 e. The topological polar surface area (TPSA) is 49.9 Å². The van der Waals surface area contributed by atoms with E-state index in [9.17, 15) is 9.59 Å². The van der Waals surface area contributed by atoms with Crippen molar-refractivity contribution >= 4 is 17.6 Å². The molecule has 1 fully saturated rings. The van der Waals surface area contributed by atoms with Crippen molar-refractivity contribution in [2.45, 2.75) is 57.9 Å². The van der Waals surface area contributed by atoms with Crippen molar-refractivity contribution < 1.29 is 14.3 Å². The van der Waals surface area contributed by atoms with Crippen LogP contribution in [0.2, 0.25) is 0 Å². The Morgan fingerprint density at radius 3 is 2.31 bits per heavy atom. The average Bonchev–Trinajstić information content (AvgIpc) is 2.69. The number of nitrogens with zero attached hydrogens (tertiary/aromatic N) is 2. The second-order valence-corrected chi connectivity index (χ2v) is 6.99. The third-order valence-electron chi connectivity index (χ3n) is 5.32. The molecule has 0 bridgehead atoms. The number of piperidine rings is 1. The SMILES string of the molecule is CCCCCN1CCC(C(=O)OC)(N(C(=O)CC)c2ccccc2)CC1. The zero-order chi connectivity index (χ0) is 19.0. The first-order chi connectivity index (χ1) is 12.6. The molecule has 1 aliphatic heterocycles. The molecule has 0 N–H and O–H groups in total. The van der Waals surface area contributed by atoms with Gasteiger partial charge in [-0.15, -0.1) is 0 Å². The molecule has 0 atom stereocenters. The van der Waals surface area contributed by atoms with Gasteiger partial charge in [0, 0.05) is 25.2 Å². The molecular formula is C21H32N2O3. The number of ether oxygens (including phenoxy) is 1. The molecule has 1 saturated heterocycles. The van der Waals surface area contributed by atoms with Gasteiger partial charge < -0.3 is 9.64 Å². The summed E-state index contributed by atoms with van der Waals surface area (Å²) in [5.74, 6) is -0.350. The lowest BCUT2D eigenvalue weighted by Crippen LogP contribution is -2.62. The number of likely N-dealkylation sites (tertiary alicyclic amines) is 1. The number of para-hydroxylation sites is 1. The molecule has 0 aliphatic carbocycles. The van der Waals surface area contributed by atoms with E-state index in [1.54, 1.807) is 4.90 Å². The standard InChI is InChI=1S/C21H32N2O3/c1-4-6-10-15-22-16-13-21(14-17-22,20(25)26-3)23(19(24)5-2)18-11-8-7-9-12-18/h7-9,11-12H,4-6,10,13-17H2,1-3H3. The summed E-state index contributed by atoms with van der Waals surface area (Å²) in [7, 11) is 1.41. The zero-order valence-corrected chi connectivity index (χ0v) is 16.4. The molecule has 1 aliphatic rings. The summed E-state index contributed by atoms with van der Waals surface area (Å²) in [4.78, 5) is 29.8. The first-order valence-electron chi connectivity index (χ1n) is 9.78. The summed E-state index contributed by atoms with van der Waals surface area (Å²) in [5, 5.41) is 0. The molecular weight excluding hydrogens is 328 g/mol. The molecule has 1 amide bonds. The largest absolute Gasteiger partial charge is 0.467 e. The van der Waals surface area contributed by atoms with E-state index in [1.807, 2.05) is 37.3 Å². The van der Waals surface area contributed by atoms with Crippen molar-refractivity contribution in [3.8, 4) is 0 Å². The van der Waals surface area contributed by atoms with Crippen LogP contribution < -0.4 is 4.90 Å². The van der Waals surface area contributed by atoms with Gasteiger partial charge in [0.05, 0.1) is 7.11 Å². The number of carbonyl (C=O) groups excluding carboxylic acids is 2. The number of unbranched alkanes of at least 4 members (excludes halogenated alkanes) is 2. The molecule has 0 saturated carbocycles. The van der Waals surface area contributed by atoms with Gasteiger partial charge >= 0.3 is 5.97 Å². The van der Waals surface area contributed by atoms with E-state index in [1.165, 1.54) is 26.4 Å². The maximum atomic E-state index is 12.9. The van der Waals surface area contributed by atoms with E-state index >= 15 is 0 Å². The van der Waals surface area contributed by atoms with Gasteiger partial charge in [-0.2, -0.15) is 0 Å². The van der Waals surface area contributed by atoms with Crippen LogP contribution in [0.1, 0.15) is 52.4 Å². The van der Waals surface area contributed by atoms with Crippen LogP contribution in [0.3, 0.4) is 0 Å². The van der Waals surface area contributed by atoms with Crippen molar-refractivity contribution in [2.75, 3.05) is 31.6 Å². The van der Waals surface area contributed by atoms with E-state index in [2.05, 4.69) is 11.8 Å². The van der Waals surface area contributed by atoms with Crippen LogP contribution in [0.4, 0.5) is 5.69 Å². The van der Waals surface area contributed by atoms with Gasteiger partial charge in [-0.1, -0.05) is 44.9 Å². The summed E-state index contributed by atoms with van der Waals surface area (Å²) >= 11 is 0. The summed E-state index contributed by atoms with van der Waals surface area (Å²) in [6.07, 6.45) is 5.17. The predicted molar refractivity (Wildman–Crippen MR) is 104 cm³/mol. The van der Waals surface area contributed by atoms with Crippen LogP contribution in [0.25, 0.3) is 0 Å². The molecule has 2 rings (SSSR count). The van der Waals surface area contributed by atoms with Crippen molar-refractivity contribution in [3.63, 3.8) is 0 Å². The number of anilines is 1. The molecule has 0 spiro atoms. The highest BCUT2D eigenvalue weighted by molar-refractivity contribution is 6.02. The minimum Gasteiger partial charge on any atom is -0.467 e. The van der Waals surface area contributed by atoms with Gasteiger partial charge in [-0.25, -0.2) is 4.79 Å². The van der Waals surface area contributed by atoms with E-state index in [4.69, 9.17) is 4.74 Å². The van der Waals surface area contributed by atoms with Gasteiger partial charge in [-0.3, -0.25) is 9.69 Å². The van der Waals surface area contributed by atoms with Crippen LogP contribution in [0.5, 0.6) is 0 Å². The van der Waals surface area contributed by atoms with Gasteiger partial charge in [0.2, 0.25) is 5.91 Å². The molecule has 1 heterocycles. The van der Waals surface area contributed by atoms with Crippen LogP contribution in [-0.4, -0.2) is 49.1 Å². The van der Waals surface area contributed by atoms with E-state index in [-0.39, 0.29) is 11.9 Å². The fourth-order valence-corrected chi connectivity index (χ4v) is 3.81. The fraction of sp³-hybridized carbons (Fsp3) is 0.619. The molecule has 26 heavy (non-hydrogen) atoms. The summed E-state index contributed by atoms with van der Waals surface area (Å²) in [5.41, 5.74) is -0.144. The number of carbonyl (C=O) groups is 2. The number of hydrogen-bond acceptors (Lipinski definition) is 4. The Kier molecular flexibility index (Phi) is 7.64. The van der Waals surface area contributed by atoms with Crippen LogP contribution in [0.15, 0.2) is 30.3 Å². The Morgan fingerprint density at radius 2 is 1.77 bits per heavy atom. The van der Waals surface area contributed by atoms with Gasteiger partial charge in [-0.05, 0) is 37.9 Å². The third-order valence-corrected chi connectivity index (χ3v) is 5.32. The smallest absolute Gasteiger partial charge is 0.332 e. The lowest BCUT2D eigenvalue weighted by atomic mass is 9.84. The lowest BCUT2D eigenvalue weighted by molar-refractivity contribution is -0.151. The average molecular weight is 360 g/mol. The lowest BCUT2D eigenvalue weighted by Gasteiger charge is -2.46. The summed E-state index contributed by atoms with van der Waals surface area (Å²) in [6, 6.07) is 9.50. The molecule has 1 aromatic rings. The first-order valence-corrected chi connectivity index (χ1v) is 9.78. The van der Waals surface area contributed by atoms with Crippen molar-refractivity contribution in [3.05, 3.63) is 30.3 Å². The van der Waals surface area contributed by atoms with Crippen molar-refractivity contribution in [2.24, 2.45) is 0 Å². The number of hydrogen-bond donors (Lipinski definition) is 0. The maximum absolute atomic E-state index is 12.9. The Balaban J connectivity index is 2.28. The highest BCUT2D eigenvalue weighted by Crippen LogP contribution is 2.35. The summed E-state index contributed by atoms with van der Waals surface area (Å²) in [6.45, 7) is 6.70. The Morgan fingerprint density at radius 1 is 1.12 bits per heavy atom. The first kappa shape index (κ1) is 20.4. The fourth-order valence-electron chi connectivity index (χ4n) is 3.81. The minimum atomic E-state index is -0.912. The Labute approximate surface area is 157 Å². The molecule has 0 unspecified atom stereocenters. The molecule has 144 valence electrons.